The number of halogens is 2. The second kappa shape index (κ2) is 5.20. The zero-order valence-electron chi connectivity index (χ0n) is 11.2. The summed E-state index contributed by atoms with van der Waals surface area (Å²) in [6.45, 7) is 0. The predicted octanol–water partition coefficient (Wildman–Crippen LogP) is 4.25. The fourth-order valence-corrected chi connectivity index (χ4v) is 2.68. The first-order chi connectivity index (χ1) is 10.1. The Balaban J connectivity index is 2.11. The lowest BCUT2D eigenvalue weighted by Gasteiger charge is -2.08. The average Bonchev–Trinajstić information content (AvgIpc) is 2.66. The molecule has 0 saturated carbocycles. The van der Waals surface area contributed by atoms with Crippen LogP contribution in [0.1, 0.15) is 29.5 Å². The molecule has 1 aliphatic rings. The van der Waals surface area contributed by atoms with E-state index in [0.717, 1.165) is 30.0 Å². The lowest BCUT2D eigenvalue weighted by atomic mass is 9.99. The van der Waals surface area contributed by atoms with E-state index < -0.39 is 17.4 Å². The number of hydrogen-bond donors (Lipinski definition) is 2. The highest BCUT2D eigenvalue weighted by atomic mass is 19.2. The number of aromatic hydroxyl groups is 2. The molecular formula is C17H14F2O2. The molecule has 2 N–H and O–H groups in total. The van der Waals surface area contributed by atoms with E-state index in [0.29, 0.717) is 12.0 Å². The van der Waals surface area contributed by atoms with Gasteiger partial charge in [0.05, 0.1) is 0 Å². The highest BCUT2D eigenvalue weighted by Gasteiger charge is 2.18. The normalized spacial score (nSPS) is 14.3. The molecule has 0 bridgehead atoms. The van der Waals surface area contributed by atoms with Gasteiger partial charge in [-0.05, 0) is 60.2 Å². The molecule has 0 atom stereocenters. The van der Waals surface area contributed by atoms with Crippen LogP contribution in [0.25, 0.3) is 11.6 Å². The quantitative estimate of drug-likeness (QED) is 0.823. The maximum atomic E-state index is 14.0. The third kappa shape index (κ3) is 2.49. The van der Waals surface area contributed by atoms with Gasteiger partial charge in [-0.1, -0.05) is 12.1 Å². The Hall–Kier alpha value is -2.36. The minimum Gasteiger partial charge on any atom is -0.508 e. The number of phenols is 2. The van der Waals surface area contributed by atoms with Gasteiger partial charge in [0, 0.05) is 5.56 Å². The maximum absolute atomic E-state index is 14.0. The van der Waals surface area contributed by atoms with E-state index in [9.17, 15) is 19.0 Å². The van der Waals surface area contributed by atoms with Crippen LogP contribution in [-0.4, -0.2) is 10.2 Å². The fraction of sp³-hybridized carbons (Fsp3) is 0.176. The molecule has 4 heteroatoms. The molecule has 1 aliphatic carbocycles. The van der Waals surface area contributed by atoms with Gasteiger partial charge in [0.1, 0.15) is 5.75 Å². The number of fused-ring (bicyclic) bond motifs is 1. The zero-order valence-corrected chi connectivity index (χ0v) is 11.2. The molecule has 0 saturated heterocycles. The second-order valence-electron chi connectivity index (χ2n) is 5.17. The van der Waals surface area contributed by atoms with Crippen LogP contribution in [0.15, 0.2) is 30.3 Å². The monoisotopic (exact) mass is 288 g/mol. The van der Waals surface area contributed by atoms with Crippen LogP contribution in [0.5, 0.6) is 11.5 Å². The van der Waals surface area contributed by atoms with Crippen molar-refractivity contribution in [2.75, 3.05) is 0 Å². The summed E-state index contributed by atoms with van der Waals surface area (Å²) in [7, 11) is 0. The van der Waals surface area contributed by atoms with Crippen LogP contribution < -0.4 is 0 Å². The Morgan fingerprint density at radius 1 is 0.905 bits per heavy atom. The molecule has 2 aromatic rings. The summed E-state index contributed by atoms with van der Waals surface area (Å²) >= 11 is 0. The lowest BCUT2D eigenvalue weighted by Crippen LogP contribution is -1.94. The number of rotatable bonds is 1. The third-order valence-electron chi connectivity index (χ3n) is 3.76. The summed E-state index contributed by atoms with van der Waals surface area (Å²) in [5.74, 6) is -2.73. The Bertz CT molecular complexity index is 736. The molecule has 2 nitrogen and oxygen atoms in total. The molecule has 0 radical (unpaired) electrons. The number of benzene rings is 2. The minimum absolute atomic E-state index is 0.172. The summed E-state index contributed by atoms with van der Waals surface area (Å²) in [6.07, 6.45) is 3.98. The summed E-state index contributed by atoms with van der Waals surface area (Å²) < 4.78 is 27.5. The highest BCUT2D eigenvalue weighted by molar-refractivity contribution is 5.83. The van der Waals surface area contributed by atoms with Crippen molar-refractivity contribution >= 4 is 11.6 Å². The van der Waals surface area contributed by atoms with E-state index in [1.54, 1.807) is 18.2 Å². The summed E-state index contributed by atoms with van der Waals surface area (Å²) in [6, 6.07) is 7.60. The Labute approximate surface area is 121 Å². The van der Waals surface area contributed by atoms with Crippen LogP contribution in [0.4, 0.5) is 8.78 Å². The van der Waals surface area contributed by atoms with Crippen LogP contribution in [-0.2, 0) is 6.42 Å². The molecule has 0 fully saturated rings. The molecule has 0 amide bonds. The van der Waals surface area contributed by atoms with E-state index in [1.807, 2.05) is 6.08 Å². The SMILES string of the molecule is Oc1ccc2c(c1)CCCC(c1ccc(O)c(F)c1F)=C2. The highest BCUT2D eigenvalue weighted by Crippen LogP contribution is 2.34. The first kappa shape index (κ1) is 13.6. The largest absolute Gasteiger partial charge is 0.508 e. The molecule has 21 heavy (non-hydrogen) atoms. The van der Waals surface area contributed by atoms with Crippen molar-refractivity contribution < 1.29 is 19.0 Å². The number of phenolic OH excluding ortho intramolecular Hbond substituents is 2. The van der Waals surface area contributed by atoms with Gasteiger partial charge in [0.2, 0.25) is 5.82 Å². The topological polar surface area (TPSA) is 40.5 Å². The number of hydrogen-bond acceptors (Lipinski definition) is 2. The maximum Gasteiger partial charge on any atom is 0.200 e. The molecular weight excluding hydrogens is 274 g/mol. The molecule has 3 rings (SSSR count). The van der Waals surface area contributed by atoms with Crippen molar-refractivity contribution in [2.24, 2.45) is 0 Å². The van der Waals surface area contributed by atoms with Gasteiger partial charge < -0.3 is 10.2 Å². The molecule has 0 unspecified atom stereocenters. The first-order valence-corrected chi connectivity index (χ1v) is 6.76. The van der Waals surface area contributed by atoms with Gasteiger partial charge in [-0.15, -0.1) is 0 Å². The minimum atomic E-state index is -1.22. The predicted molar refractivity (Wildman–Crippen MR) is 76.9 cm³/mol. The zero-order chi connectivity index (χ0) is 15.0. The molecule has 0 aromatic heterocycles. The standard InChI is InChI=1S/C17H14F2O2/c18-16-14(6-7-15(21)17(16)19)12-3-1-2-10-9-13(20)5-4-11(10)8-12/h4-9,20-21H,1-3H2. The Morgan fingerprint density at radius 3 is 2.52 bits per heavy atom. The number of allylic oxidation sites excluding steroid dienone is 1. The Kier molecular flexibility index (Phi) is 3.37. The third-order valence-corrected chi connectivity index (χ3v) is 3.76. The van der Waals surface area contributed by atoms with E-state index in [-0.39, 0.29) is 11.3 Å². The van der Waals surface area contributed by atoms with Crippen molar-refractivity contribution in [2.45, 2.75) is 19.3 Å². The van der Waals surface area contributed by atoms with E-state index in [1.165, 1.54) is 6.07 Å². The molecule has 0 heterocycles. The first-order valence-electron chi connectivity index (χ1n) is 6.76. The van der Waals surface area contributed by atoms with Gasteiger partial charge in [-0.25, -0.2) is 4.39 Å². The molecule has 0 aliphatic heterocycles. The molecule has 0 spiro atoms. The summed E-state index contributed by atoms with van der Waals surface area (Å²) in [5.41, 5.74) is 2.75. The lowest BCUT2D eigenvalue weighted by molar-refractivity contribution is 0.406. The second-order valence-corrected chi connectivity index (χ2v) is 5.17. The van der Waals surface area contributed by atoms with Gasteiger partial charge >= 0.3 is 0 Å². The average molecular weight is 288 g/mol. The van der Waals surface area contributed by atoms with E-state index in [2.05, 4.69) is 0 Å². The fourth-order valence-electron chi connectivity index (χ4n) is 2.68. The number of aryl methyl sites for hydroxylation is 1. The van der Waals surface area contributed by atoms with Crippen LogP contribution in [0.2, 0.25) is 0 Å². The van der Waals surface area contributed by atoms with Crippen molar-refractivity contribution in [1.82, 2.24) is 0 Å². The summed E-state index contributed by atoms with van der Waals surface area (Å²) in [5, 5.41) is 18.7. The van der Waals surface area contributed by atoms with Crippen LogP contribution >= 0.6 is 0 Å². The molecule has 2 aromatic carbocycles. The van der Waals surface area contributed by atoms with Gasteiger partial charge in [0.25, 0.3) is 0 Å². The van der Waals surface area contributed by atoms with Gasteiger partial charge in [0.15, 0.2) is 11.6 Å². The van der Waals surface area contributed by atoms with Crippen LogP contribution in [0.3, 0.4) is 0 Å². The van der Waals surface area contributed by atoms with Crippen molar-refractivity contribution in [3.63, 3.8) is 0 Å². The van der Waals surface area contributed by atoms with Gasteiger partial charge in [-0.3, -0.25) is 0 Å². The van der Waals surface area contributed by atoms with E-state index in [4.69, 9.17) is 0 Å². The van der Waals surface area contributed by atoms with E-state index >= 15 is 0 Å². The Morgan fingerprint density at radius 2 is 1.71 bits per heavy atom. The van der Waals surface area contributed by atoms with Crippen molar-refractivity contribution in [1.29, 1.82) is 0 Å². The summed E-state index contributed by atoms with van der Waals surface area (Å²) in [4.78, 5) is 0. The smallest absolute Gasteiger partial charge is 0.200 e. The van der Waals surface area contributed by atoms with Crippen molar-refractivity contribution in [3.05, 3.63) is 58.7 Å². The molecule has 108 valence electrons. The van der Waals surface area contributed by atoms with Gasteiger partial charge in [-0.2, -0.15) is 4.39 Å². The van der Waals surface area contributed by atoms with Crippen molar-refractivity contribution in [3.8, 4) is 11.5 Å². The van der Waals surface area contributed by atoms with Crippen LogP contribution in [0, 0.1) is 11.6 Å².